The molecule has 0 unspecified atom stereocenters. The van der Waals surface area contributed by atoms with E-state index in [2.05, 4.69) is 33.8 Å². The van der Waals surface area contributed by atoms with Gasteiger partial charge in [0.2, 0.25) is 0 Å². The number of fused-ring (bicyclic) bond motifs is 2. The van der Waals surface area contributed by atoms with Crippen LogP contribution in [-0.2, 0) is 9.53 Å². The number of benzene rings is 2. The van der Waals surface area contributed by atoms with Gasteiger partial charge < -0.3 is 15.4 Å². The Morgan fingerprint density at radius 2 is 2.04 bits per heavy atom. The zero-order chi connectivity index (χ0) is 19.1. The van der Waals surface area contributed by atoms with Crippen molar-refractivity contribution < 1.29 is 14.3 Å². The molecule has 2 aliphatic heterocycles. The molecule has 0 bridgehead atoms. The van der Waals surface area contributed by atoms with E-state index in [4.69, 9.17) is 4.74 Å². The van der Waals surface area contributed by atoms with Crippen molar-refractivity contribution in [3.05, 3.63) is 53.5 Å². The monoisotopic (exact) mass is 409 g/mol. The second-order valence-corrected chi connectivity index (χ2v) is 8.40. The van der Waals surface area contributed by atoms with Crippen LogP contribution in [0.4, 0.5) is 11.4 Å². The number of cyclic esters (lactones) is 1. The zero-order valence-electron chi connectivity index (χ0n) is 14.6. The minimum atomic E-state index is -0.581. The Morgan fingerprint density at radius 1 is 1.18 bits per heavy atom. The van der Waals surface area contributed by atoms with E-state index in [1.165, 1.54) is 16.2 Å². The summed E-state index contributed by atoms with van der Waals surface area (Å²) in [5.74, 6) is -0.741. The average Bonchev–Trinajstić information content (AvgIpc) is 3.36. The van der Waals surface area contributed by atoms with E-state index in [0.717, 1.165) is 26.8 Å². The molecule has 2 N–H and O–H groups in total. The first kappa shape index (κ1) is 17.3. The number of nitrogens with one attached hydrogen (secondary N) is 2. The van der Waals surface area contributed by atoms with Crippen LogP contribution in [0.15, 0.2) is 57.6 Å². The lowest BCUT2D eigenvalue weighted by atomic mass is 10.2. The molecule has 0 radical (unpaired) electrons. The number of anilines is 2. The number of thiazole rings is 1. The summed E-state index contributed by atoms with van der Waals surface area (Å²) in [5, 5.41) is 8.61. The van der Waals surface area contributed by atoms with Gasteiger partial charge in [-0.25, -0.2) is 9.78 Å². The summed E-state index contributed by atoms with van der Waals surface area (Å²) in [6.45, 7) is 0.343. The summed E-state index contributed by atoms with van der Waals surface area (Å²) >= 11 is 3.13. The third-order valence-corrected chi connectivity index (χ3v) is 6.62. The van der Waals surface area contributed by atoms with Crippen LogP contribution in [0, 0.1) is 0 Å². The van der Waals surface area contributed by atoms with E-state index in [1.807, 2.05) is 24.3 Å². The highest BCUT2D eigenvalue weighted by Gasteiger charge is 2.29. The lowest BCUT2D eigenvalue weighted by Gasteiger charge is -2.21. The smallest absolute Gasteiger partial charge is 0.328 e. The van der Waals surface area contributed by atoms with Crippen molar-refractivity contribution in [2.75, 3.05) is 11.9 Å². The lowest BCUT2D eigenvalue weighted by molar-refractivity contribution is -0.139. The van der Waals surface area contributed by atoms with Crippen LogP contribution in [0.3, 0.4) is 0 Å². The molecule has 3 heterocycles. The quantitative estimate of drug-likeness (QED) is 0.497. The zero-order valence-corrected chi connectivity index (χ0v) is 16.2. The van der Waals surface area contributed by atoms with Crippen LogP contribution < -0.4 is 10.6 Å². The molecular formula is C20H15N3O3S2. The molecule has 1 fully saturated rings. The first-order chi connectivity index (χ1) is 13.7. The van der Waals surface area contributed by atoms with Crippen molar-refractivity contribution in [1.82, 2.24) is 10.3 Å². The predicted octanol–water partition coefficient (Wildman–Crippen LogP) is 4.06. The molecule has 8 heteroatoms. The van der Waals surface area contributed by atoms with Gasteiger partial charge in [-0.2, -0.15) is 0 Å². The third-order valence-electron chi connectivity index (χ3n) is 4.58. The Balaban J connectivity index is 1.36. The number of carbonyl (C=O) groups excluding carboxylic acids is 2. The fraction of sp³-hybridized carbons (Fsp3) is 0.150. The van der Waals surface area contributed by atoms with Gasteiger partial charge in [-0.3, -0.25) is 4.79 Å². The second-order valence-electron chi connectivity index (χ2n) is 6.45. The number of aromatic nitrogens is 1. The first-order valence-electron chi connectivity index (χ1n) is 8.79. The maximum Gasteiger partial charge on any atom is 0.328 e. The number of carbonyl (C=O) groups is 2. The fourth-order valence-electron chi connectivity index (χ4n) is 3.14. The van der Waals surface area contributed by atoms with E-state index in [0.29, 0.717) is 18.7 Å². The Morgan fingerprint density at radius 3 is 2.89 bits per heavy atom. The molecule has 28 heavy (non-hydrogen) atoms. The molecule has 140 valence electrons. The molecule has 0 saturated carbocycles. The minimum absolute atomic E-state index is 0.310. The number of nitrogens with zero attached hydrogens (tertiary/aromatic N) is 1. The standard InChI is InChI=1S/C20H15N3O3S2/c24-18(22-13-7-8-26-20(13)25)15-10-27-19(23-15)11-5-6-17-14(9-11)21-12-3-1-2-4-16(12)28-17/h1-6,9-10,13,21H,7-8H2,(H,22,24)/t13-/m0/s1. The van der Waals surface area contributed by atoms with Gasteiger partial charge in [0.05, 0.1) is 18.0 Å². The van der Waals surface area contributed by atoms with Gasteiger partial charge in [0.1, 0.15) is 16.7 Å². The largest absolute Gasteiger partial charge is 0.464 e. The van der Waals surface area contributed by atoms with Crippen LogP contribution in [0.2, 0.25) is 0 Å². The number of hydrogen-bond acceptors (Lipinski definition) is 7. The maximum absolute atomic E-state index is 12.4. The fourth-order valence-corrected chi connectivity index (χ4v) is 4.91. The molecule has 2 aromatic carbocycles. The molecule has 1 atom stereocenters. The second kappa shape index (κ2) is 6.96. The summed E-state index contributed by atoms with van der Waals surface area (Å²) < 4.78 is 4.87. The van der Waals surface area contributed by atoms with Crippen molar-refractivity contribution >= 4 is 46.3 Å². The first-order valence-corrected chi connectivity index (χ1v) is 10.5. The average molecular weight is 409 g/mol. The molecular weight excluding hydrogens is 394 g/mol. The highest BCUT2D eigenvalue weighted by atomic mass is 32.2. The van der Waals surface area contributed by atoms with E-state index < -0.39 is 6.04 Å². The van der Waals surface area contributed by atoms with Crippen molar-refractivity contribution in [3.63, 3.8) is 0 Å². The van der Waals surface area contributed by atoms with Gasteiger partial charge in [-0.1, -0.05) is 30.0 Å². The molecule has 5 rings (SSSR count). The molecule has 0 aliphatic carbocycles. The summed E-state index contributed by atoms with van der Waals surface area (Å²) in [6.07, 6.45) is 0.497. The number of hydrogen-bond donors (Lipinski definition) is 2. The Labute approximate surface area is 169 Å². The predicted molar refractivity (Wildman–Crippen MR) is 108 cm³/mol. The molecule has 2 aliphatic rings. The van der Waals surface area contributed by atoms with Gasteiger partial charge in [0.25, 0.3) is 5.91 Å². The van der Waals surface area contributed by atoms with Crippen LogP contribution in [0.25, 0.3) is 10.6 Å². The van der Waals surface area contributed by atoms with Gasteiger partial charge in [0.15, 0.2) is 0 Å². The normalized spacial score (nSPS) is 17.3. The topological polar surface area (TPSA) is 80.3 Å². The van der Waals surface area contributed by atoms with Gasteiger partial charge in [0, 0.05) is 27.2 Å². The van der Waals surface area contributed by atoms with Crippen molar-refractivity contribution in [1.29, 1.82) is 0 Å². The number of rotatable bonds is 3. The lowest BCUT2D eigenvalue weighted by Crippen LogP contribution is -2.38. The Hall–Kier alpha value is -2.84. The number of para-hydroxylation sites is 1. The summed E-state index contributed by atoms with van der Waals surface area (Å²) in [7, 11) is 0. The number of esters is 1. The van der Waals surface area contributed by atoms with Gasteiger partial charge in [-0.05, 0) is 24.3 Å². The van der Waals surface area contributed by atoms with Crippen LogP contribution in [0.1, 0.15) is 16.9 Å². The Kier molecular flexibility index (Phi) is 4.29. The van der Waals surface area contributed by atoms with Gasteiger partial charge in [-0.15, -0.1) is 11.3 Å². The highest BCUT2D eigenvalue weighted by molar-refractivity contribution is 7.99. The van der Waals surface area contributed by atoms with Crippen molar-refractivity contribution in [2.24, 2.45) is 0 Å². The van der Waals surface area contributed by atoms with E-state index in [1.54, 1.807) is 17.1 Å². The van der Waals surface area contributed by atoms with Crippen molar-refractivity contribution in [2.45, 2.75) is 22.3 Å². The molecule has 3 aromatic rings. The van der Waals surface area contributed by atoms with Gasteiger partial charge >= 0.3 is 5.97 Å². The van der Waals surface area contributed by atoms with E-state index in [-0.39, 0.29) is 11.9 Å². The Bertz CT molecular complexity index is 1100. The highest BCUT2D eigenvalue weighted by Crippen LogP contribution is 2.45. The SMILES string of the molecule is O=C(N[C@H]1CCOC1=O)c1csc(-c2ccc3c(c2)Nc2ccccc2S3)n1. The molecule has 1 amide bonds. The summed E-state index contributed by atoms with van der Waals surface area (Å²) in [6, 6.07) is 13.7. The molecule has 0 spiro atoms. The maximum atomic E-state index is 12.4. The summed E-state index contributed by atoms with van der Waals surface area (Å²) in [4.78, 5) is 30.7. The van der Waals surface area contributed by atoms with Crippen LogP contribution >= 0.6 is 23.1 Å². The van der Waals surface area contributed by atoms with Crippen LogP contribution in [0.5, 0.6) is 0 Å². The number of ether oxygens (including phenoxy) is 1. The third kappa shape index (κ3) is 3.14. The summed E-state index contributed by atoms with van der Waals surface area (Å²) in [5.41, 5.74) is 3.36. The molecule has 1 saturated heterocycles. The minimum Gasteiger partial charge on any atom is -0.464 e. The van der Waals surface area contributed by atoms with Crippen molar-refractivity contribution in [3.8, 4) is 10.6 Å². The van der Waals surface area contributed by atoms with E-state index in [9.17, 15) is 9.59 Å². The van der Waals surface area contributed by atoms with E-state index >= 15 is 0 Å². The molecule has 1 aromatic heterocycles. The van der Waals surface area contributed by atoms with Crippen LogP contribution in [-0.4, -0.2) is 29.5 Å². The number of amides is 1. The molecule has 6 nitrogen and oxygen atoms in total.